The molecule has 0 unspecified atom stereocenters. The predicted molar refractivity (Wildman–Crippen MR) is 84.5 cm³/mol. The summed E-state index contributed by atoms with van der Waals surface area (Å²) in [6.07, 6.45) is 5.52. The van der Waals surface area contributed by atoms with Gasteiger partial charge in [-0.2, -0.15) is 0 Å². The molecule has 0 atom stereocenters. The standard InChI is InChI=1S/C16H31N3O2/c1-16(2,3)21-15(20)19(14-5-6-14)12-4-9-18-13-7-10-17-11-8-13/h13-14,17-18H,4-12H2,1-3H3. The molecule has 1 saturated heterocycles. The number of nitrogens with one attached hydrogen (secondary N) is 2. The fraction of sp³-hybridized carbons (Fsp3) is 0.938. The molecule has 2 aliphatic rings. The Kier molecular flexibility index (Phi) is 5.88. The van der Waals surface area contributed by atoms with Crippen molar-refractivity contribution in [3.63, 3.8) is 0 Å². The summed E-state index contributed by atoms with van der Waals surface area (Å²) in [5.74, 6) is 0. The molecule has 2 N–H and O–H groups in total. The van der Waals surface area contributed by atoms with Gasteiger partial charge in [0.25, 0.3) is 0 Å². The smallest absolute Gasteiger partial charge is 0.410 e. The highest BCUT2D eigenvalue weighted by Crippen LogP contribution is 2.28. The van der Waals surface area contributed by atoms with Gasteiger partial charge in [0.15, 0.2) is 0 Å². The number of nitrogens with zero attached hydrogens (tertiary/aromatic N) is 1. The first-order valence-electron chi connectivity index (χ1n) is 8.39. The Labute approximate surface area is 128 Å². The molecule has 1 heterocycles. The lowest BCUT2D eigenvalue weighted by atomic mass is 10.1. The SMILES string of the molecule is CC(C)(C)OC(=O)N(CCCNC1CCNCC1)C1CC1. The number of carbonyl (C=O) groups excluding carboxylic acids is 1. The zero-order chi connectivity index (χ0) is 15.3. The third kappa shape index (κ3) is 6.22. The number of piperidine rings is 1. The Morgan fingerprint density at radius 3 is 2.48 bits per heavy atom. The van der Waals surface area contributed by atoms with Crippen molar-refractivity contribution in [2.45, 2.75) is 70.6 Å². The van der Waals surface area contributed by atoms with Crippen LogP contribution in [0.25, 0.3) is 0 Å². The quantitative estimate of drug-likeness (QED) is 0.737. The predicted octanol–water partition coefficient (Wildman–Crippen LogP) is 2.12. The topological polar surface area (TPSA) is 53.6 Å². The van der Waals surface area contributed by atoms with Crippen molar-refractivity contribution in [2.24, 2.45) is 0 Å². The van der Waals surface area contributed by atoms with Crippen LogP contribution in [0.2, 0.25) is 0 Å². The molecule has 0 spiro atoms. The first kappa shape index (κ1) is 16.6. The van der Waals surface area contributed by atoms with Gasteiger partial charge in [0.1, 0.15) is 5.60 Å². The Morgan fingerprint density at radius 2 is 1.90 bits per heavy atom. The van der Waals surface area contributed by atoms with Crippen LogP contribution in [-0.2, 0) is 4.74 Å². The van der Waals surface area contributed by atoms with Gasteiger partial charge in [0.05, 0.1) is 0 Å². The Hall–Kier alpha value is -0.810. The van der Waals surface area contributed by atoms with Gasteiger partial charge in [-0.3, -0.25) is 0 Å². The largest absolute Gasteiger partial charge is 0.444 e. The van der Waals surface area contributed by atoms with E-state index in [9.17, 15) is 4.79 Å². The van der Waals surface area contributed by atoms with Crippen LogP contribution in [0.4, 0.5) is 4.79 Å². The lowest BCUT2D eigenvalue weighted by Gasteiger charge is -2.28. The molecule has 0 aromatic heterocycles. The summed E-state index contributed by atoms with van der Waals surface area (Å²) in [7, 11) is 0. The van der Waals surface area contributed by atoms with E-state index in [4.69, 9.17) is 4.74 Å². The van der Waals surface area contributed by atoms with Crippen molar-refractivity contribution in [2.75, 3.05) is 26.2 Å². The average Bonchev–Trinajstić information content (AvgIpc) is 3.22. The summed E-state index contributed by atoms with van der Waals surface area (Å²) >= 11 is 0. The van der Waals surface area contributed by atoms with Crippen LogP contribution >= 0.6 is 0 Å². The zero-order valence-corrected chi connectivity index (χ0v) is 13.8. The van der Waals surface area contributed by atoms with E-state index in [2.05, 4.69) is 10.6 Å². The van der Waals surface area contributed by atoms with E-state index in [0.29, 0.717) is 12.1 Å². The highest BCUT2D eigenvalue weighted by molar-refractivity contribution is 5.69. The maximum atomic E-state index is 12.2. The molecular formula is C16H31N3O2. The second-order valence-corrected chi connectivity index (χ2v) is 7.24. The number of rotatable bonds is 6. The van der Waals surface area contributed by atoms with Crippen LogP contribution in [-0.4, -0.2) is 54.9 Å². The summed E-state index contributed by atoms with van der Waals surface area (Å²) in [5, 5.41) is 6.98. The Bertz CT molecular complexity index is 331. The Balaban J connectivity index is 1.67. The molecule has 1 amide bonds. The number of hydrogen-bond acceptors (Lipinski definition) is 4. The van der Waals surface area contributed by atoms with Crippen molar-refractivity contribution in [1.82, 2.24) is 15.5 Å². The molecule has 1 saturated carbocycles. The van der Waals surface area contributed by atoms with Crippen molar-refractivity contribution < 1.29 is 9.53 Å². The van der Waals surface area contributed by atoms with Crippen LogP contribution < -0.4 is 10.6 Å². The van der Waals surface area contributed by atoms with Gasteiger partial charge in [0, 0.05) is 18.6 Å². The molecule has 0 radical (unpaired) electrons. The van der Waals surface area contributed by atoms with Gasteiger partial charge in [-0.1, -0.05) is 0 Å². The molecule has 1 aliphatic carbocycles. The highest BCUT2D eigenvalue weighted by Gasteiger charge is 2.34. The van der Waals surface area contributed by atoms with E-state index in [1.54, 1.807) is 0 Å². The summed E-state index contributed by atoms with van der Waals surface area (Å²) in [6.45, 7) is 9.79. The van der Waals surface area contributed by atoms with Crippen LogP contribution in [0, 0.1) is 0 Å². The van der Waals surface area contributed by atoms with Crippen LogP contribution in [0.3, 0.4) is 0 Å². The normalized spacial score (nSPS) is 20.3. The molecule has 0 bridgehead atoms. The summed E-state index contributed by atoms with van der Waals surface area (Å²) < 4.78 is 5.51. The van der Waals surface area contributed by atoms with Gasteiger partial charge in [-0.15, -0.1) is 0 Å². The van der Waals surface area contributed by atoms with Crippen LogP contribution in [0.5, 0.6) is 0 Å². The molecule has 0 aromatic rings. The summed E-state index contributed by atoms with van der Waals surface area (Å²) in [4.78, 5) is 14.1. The highest BCUT2D eigenvalue weighted by atomic mass is 16.6. The van der Waals surface area contributed by atoms with Crippen molar-refractivity contribution in [1.29, 1.82) is 0 Å². The molecule has 5 nitrogen and oxygen atoms in total. The van der Waals surface area contributed by atoms with E-state index in [-0.39, 0.29) is 6.09 Å². The van der Waals surface area contributed by atoms with E-state index >= 15 is 0 Å². The first-order valence-corrected chi connectivity index (χ1v) is 8.39. The van der Waals surface area contributed by atoms with Gasteiger partial charge in [0.2, 0.25) is 0 Å². The second-order valence-electron chi connectivity index (χ2n) is 7.24. The fourth-order valence-corrected chi connectivity index (χ4v) is 2.71. The van der Waals surface area contributed by atoms with E-state index in [1.165, 1.54) is 12.8 Å². The van der Waals surface area contributed by atoms with Crippen molar-refractivity contribution in [3.05, 3.63) is 0 Å². The molecule has 21 heavy (non-hydrogen) atoms. The number of amides is 1. The average molecular weight is 297 g/mol. The van der Waals surface area contributed by atoms with Gasteiger partial charge in [-0.25, -0.2) is 4.79 Å². The minimum absolute atomic E-state index is 0.146. The number of hydrogen-bond donors (Lipinski definition) is 2. The molecule has 5 heteroatoms. The molecule has 1 aliphatic heterocycles. The maximum Gasteiger partial charge on any atom is 0.410 e. The third-order valence-electron chi connectivity index (χ3n) is 3.96. The second kappa shape index (κ2) is 7.45. The van der Waals surface area contributed by atoms with Gasteiger partial charge < -0.3 is 20.3 Å². The molecular weight excluding hydrogens is 266 g/mol. The monoisotopic (exact) mass is 297 g/mol. The third-order valence-corrected chi connectivity index (χ3v) is 3.96. The van der Waals surface area contributed by atoms with Gasteiger partial charge in [-0.05, 0) is 72.5 Å². The number of ether oxygens (including phenoxy) is 1. The van der Waals surface area contributed by atoms with Crippen LogP contribution in [0.1, 0.15) is 52.9 Å². The summed E-state index contributed by atoms with van der Waals surface area (Å²) in [5.41, 5.74) is -0.405. The summed E-state index contributed by atoms with van der Waals surface area (Å²) in [6, 6.07) is 1.06. The molecule has 2 rings (SSSR count). The Morgan fingerprint density at radius 1 is 1.24 bits per heavy atom. The van der Waals surface area contributed by atoms with E-state index < -0.39 is 5.60 Å². The fourth-order valence-electron chi connectivity index (χ4n) is 2.71. The maximum absolute atomic E-state index is 12.2. The van der Waals surface area contributed by atoms with Crippen LogP contribution in [0.15, 0.2) is 0 Å². The molecule has 0 aromatic carbocycles. The van der Waals surface area contributed by atoms with Crippen molar-refractivity contribution in [3.8, 4) is 0 Å². The van der Waals surface area contributed by atoms with Crippen molar-refractivity contribution >= 4 is 6.09 Å². The molecule has 122 valence electrons. The first-order chi connectivity index (χ1) is 9.96. The minimum Gasteiger partial charge on any atom is -0.444 e. The van der Waals surface area contributed by atoms with E-state index in [1.807, 2.05) is 25.7 Å². The minimum atomic E-state index is -0.405. The van der Waals surface area contributed by atoms with Gasteiger partial charge >= 0.3 is 6.09 Å². The zero-order valence-electron chi connectivity index (χ0n) is 13.8. The lowest BCUT2D eigenvalue weighted by Crippen LogP contribution is -2.42. The number of carbonyl (C=O) groups is 1. The molecule has 2 fully saturated rings. The lowest BCUT2D eigenvalue weighted by molar-refractivity contribution is 0.0231. The van der Waals surface area contributed by atoms with E-state index in [0.717, 1.165) is 45.4 Å².